The first-order valence-corrected chi connectivity index (χ1v) is 17.1. The lowest BCUT2D eigenvalue weighted by atomic mass is 10.0. The van der Waals surface area contributed by atoms with Crippen molar-refractivity contribution in [3.63, 3.8) is 0 Å². The Morgan fingerprint density at radius 2 is 1.92 bits per heavy atom. The third kappa shape index (κ3) is 6.13. The molecule has 1 saturated heterocycles. The number of hydrogen-bond donors (Lipinski definition) is 2. The number of halogens is 1. The molecule has 5 aromatic rings. The second-order valence-corrected chi connectivity index (χ2v) is 13.5. The predicted octanol–water partition coefficient (Wildman–Crippen LogP) is 5.05. The van der Waals surface area contributed by atoms with Crippen LogP contribution in [0.25, 0.3) is 33.6 Å². The van der Waals surface area contributed by atoms with Crippen LogP contribution in [0.1, 0.15) is 70.8 Å². The van der Waals surface area contributed by atoms with E-state index in [-0.39, 0.29) is 30.0 Å². The van der Waals surface area contributed by atoms with Crippen molar-refractivity contribution in [1.82, 2.24) is 34.3 Å². The van der Waals surface area contributed by atoms with Crippen LogP contribution < -0.4 is 15.8 Å². The summed E-state index contributed by atoms with van der Waals surface area (Å²) in [6.45, 7) is 3.62. The number of ether oxygens (including phenoxy) is 2. The van der Waals surface area contributed by atoms with Crippen LogP contribution in [0.5, 0.6) is 5.75 Å². The van der Waals surface area contributed by atoms with Crippen LogP contribution in [0.3, 0.4) is 0 Å². The molecule has 256 valence electrons. The lowest BCUT2D eigenvalue weighted by molar-refractivity contribution is 0.0227. The van der Waals surface area contributed by atoms with Crippen molar-refractivity contribution < 1.29 is 19.1 Å². The number of rotatable bonds is 4. The highest BCUT2D eigenvalue weighted by Gasteiger charge is 2.31. The predicted molar refractivity (Wildman–Crippen MR) is 188 cm³/mol. The van der Waals surface area contributed by atoms with Crippen molar-refractivity contribution in [3.05, 3.63) is 70.1 Å². The minimum Gasteiger partial charge on any atom is -0.494 e. The molecule has 0 radical (unpaired) electrons. The van der Waals surface area contributed by atoms with Crippen LogP contribution >= 0.6 is 11.6 Å². The summed E-state index contributed by atoms with van der Waals surface area (Å²) in [6, 6.07) is 10.9. The number of aromatic nitrogens is 5. The third-order valence-corrected chi connectivity index (χ3v) is 10.1. The van der Waals surface area contributed by atoms with E-state index >= 15 is 0 Å². The summed E-state index contributed by atoms with van der Waals surface area (Å²) in [5.74, 6) is 0.939. The van der Waals surface area contributed by atoms with Crippen molar-refractivity contribution in [3.8, 4) is 17.3 Å². The van der Waals surface area contributed by atoms with Gasteiger partial charge in [0.05, 0.1) is 41.2 Å². The van der Waals surface area contributed by atoms with E-state index in [0.717, 1.165) is 65.1 Å². The quantitative estimate of drug-likeness (QED) is 0.268. The maximum Gasteiger partial charge on any atom is 0.270 e. The van der Waals surface area contributed by atoms with Gasteiger partial charge in [-0.25, -0.2) is 15.0 Å². The van der Waals surface area contributed by atoms with Gasteiger partial charge in [-0.1, -0.05) is 18.0 Å². The van der Waals surface area contributed by atoms with E-state index in [2.05, 4.69) is 20.9 Å². The van der Waals surface area contributed by atoms with E-state index in [0.29, 0.717) is 53.5 Å². The highest BCUT2D eigenvalue weighted by molar-refractivity contribution is 6.30. The van der Waals surface area contributed by atoms with Crippen LogP contribution in [0, 0.1) is 0 Å². The Kier molecular flexibility index (Phi) is 9.03. The molecule has 4 aromatic heterocycles. The number of likely N-dealkylation sites (tertiary alicyclic amines) is 1. The lowest BCUT2D eigenvalue weighted by Crippen LogP contribution is -2.53. The van der Waals surface area contributed by atoms with Crippen LogP contribution in [0.2, 0.25) is 5.02 Å². The zero-order valence-corrected chi connectivity index (χ0v) is 29.0. The molecule has 0 spiro atoms. The second-order valence-electron chi connectivity index (χ2n) is 13.0. The molecule has 1 aromatic carbocycles. The number of nitrogens with zero attached hydrogens (tertiary/aromatic N) is 6. The fourth-order valence-electron chi connectivity index (χ4n) is 7.21. The number of carbonyl (C=O) groups is 2. The number of nitrogens with one attached hydrogen (secondary N) is 1. The molecule has 49 heavy (non-hydrogen) atoms. The molecule has 13 heteroatoms. The Bertz CT molecular complexity index is 2070. The molecule has 0 unspecified atom stereocenters. The molecule has 2 aliphatic rings. The molecule has 2 amide bonds. The standard InChI is InChI=1S/C36H41ClN8O4/c1-20-26-10-9-22-16-28(45(33(22)41-26)12-7-5-6-8-21-14-24(37)18-39-31(21)35(46)40-20)34-42-27-15-23(17-30(49-4)32(27)43(34)2)36(47)44-13-11-29(48-3)25(38)19-44/h9-10,14-18,20,25,29H,5-8,11-13,19,38H2,1-4H3,(H,40,46)/t20-,25+,29-/m1/s1. The maximum atomic E-state index is 13.7. The van der Waals surface area contributed by atoms with E-state index in [1.807, 2.05) is 42.8 Å². The first-order chi connectivity index (χ1) is 23.7. The first-order valence-electron chi connectivity index (χ1n) is 16.7. The number of pyridine rings is 2. The van der Waals surface area contributed by atoms with E-state index < -0.39 is 0 Å². The first kappa shape index (κ1) is 33.0. The Labute approximate surface area is 289 Å². The minimum absolute atomic E-state index is 0.0661. The van der Waals surface area contributed by atoms with Gasteiger partial charge in [-0.15, -0.1) is 0 Å². The largest absolute Gasteiger partial charge is 0.494 e. The summed E-state index contributed by atoms with van der Waals surface area (Å²) in [5.41, 5.74) is 12.0. The molecule has 0 aliphatic carbocycles. The number of hydrogen-bond acceptors (Lipinski definition) is 8. The Balaban J connectivity index is 1.27. The number of methoxy groups -OCH3 is 2. The van der Waals surface area contributed by atoms with Gasteiger partial charge in [0, 0.05) is 57.0 Å². The maximum absolute atomic E-state index is 13.7. The lowest BCUT2D eigenvalue weighted by Gasteiger charge is -2.36. The summed E-state index contributed by atoms with van der Waals surface area (Å²) >= 11 is 6.26. The Morgan fingerprint density at radius 1 is 1.08 bits per heavy atom. The van der Waals surface area contributed by atoms with Gasteiger partial charge in [0.1, 0.15) is 22.6 Å². The van der Waals surface area contributed by atoms with Gasteiger partial charge in [-0.3, -0.25) is 9.59 Å². The average molecular weight is 685 g/mol. The number of piperidine rings is 1. The van der Waals surface area contributed by atoms with Gasteiger partial charge in [-0.05, 0) is 74.6 Å². The molecular formula is C36H41ClN8O4. The number of benzene rings is 1. The average Bonchev–Trinajstić information content (AvgIpc) is 3.63. The van der Waals surface area contributed by atoms with E-state index in [1.54, 1.807) is 25.2 Å². The van der Waals surface area contributed by atoms with Gasteiger partial charge < -0.3 is 34.6 Å². The molecule has 12 nitrogen and oxygen atoms in total. The fourth-order valence-corrected chi connectivity index (χ4v) is 7.39. The summed E-state index contributed by atoms with van der Waals surface area (Å²) < 4.78 is 15.6. The number of carbonyl (C=O) groups excluding carboxylic acids is 2. The smallest absolute Gasteiger partial charge is 0.270 e. The van der Waals surface area contributed by atoms with Crippen LogP contribution in [0.4, 0.5) is 0 Å². The molecular weight excluding hydrogens is 644 g/mol. The van der Waals surface area contributed by atoms with Gasteiger partial charge in [0.15, 0.2) is 5.82 Å². The molecule has 3 N–H and O–H groups in total. The number of imidazole rings is 1. The van der Waals surface area contributed by atoms with Crippen molar-refractivity contribution in [1.29, 1.82) is 0 Å². The van der Waals surface area contributed by atoms with Crippen LogP contribution in [-0.4, -0.2) is 80.3 Å². The number of nitrogens with two attached hydrogens (primary N) is 1. The molecule has 3 atom stereocenters. The Morgan fingerprint density at radius 3 is 2.69 bits per heavy atom. The number of aryl methyl sites for hydroxylation is 3. The van der Waals surface area contributed by atoms with Crippen molar-refractivity contribution in [2.45, 2.75) is 63.8 Å². The summed E-state index contributed by atoms with van der Waals surface area (Å²) in [5, 5.41) is 4.57. The van der Waals surface area contributed by atoms with Gasteiger partial charge >= 0.3 is 0 Å². The third-order valence-electron chi connectivity index (χ3n) is 9.85. The van der Waals surface area contributed by atoms with Gasteiger partial charge in [0.25, 0.3) is 11.8 Å². The minimum atomic E-state index is -0.359. The molecule has 2 bridgehead atoms. The Hall–Kier alpha value is -4.52. The van der Waals surface area contributed by atoms with Gasteiger partial charge in [-0.2, -0.15) is 0 Å². The monoisotopic (exact) mass is 684 g/mol. The van der Waals surface area contributed by atoms with Crippen molar-refractivity contribution >= 4 is 45.5 Å². The van der Waals surface area contributed by atoms with E-state index in [4.69, 9.17) is 36.8 Å². The summed E-state index contributed by atoms with van der Waals surface area (Å²) in [6.07, 6.45) is 5.52. The second kappa shape index (κ2) is 13.4. The van der Waals surface area contributed by atoms with E-state index in [9.17, 15) is 9.59 Å². The molecule has 6 heterocycles. The van der Waals surface area contributed by atoms with Crippen LogP contribution in [0.15, 0.2) is 42.6 Å². The van der Waals surface area contributed by atoms with Crippen molar-refractivity contribution in [2.75, 3.05) is 27.3 Å². The molecule has 0 saturated carbocycles. The highest BCUT2D eigenvalue weighted by atomic mass is 35.5. The topological polar surface area (TPSA) is 142 Å². The van der Waals surface area contributed by atoms with Crippen LogP contribution in [-0.2, 0) is 24.8 Å². The zero-order valence-electron chi connectivity index (χ0n) is 28.2. The normalized spacial score (nSPS) is 20.3. The van der Waals surface area contributed by atoms with E-state index in [1.165, 1.54) is 6.20 Å². The van der Waals surface area contributed by atoms with Gasteiger partial charge in [0.2, 0.25) is 0 Å². The summed E-state index contributed by atoms with van der Waals surface area (Å²) in [7, 11) is 5.22. The van der Waals surface area contributed by atoms with Crippen molar-refractivity contribution in [2.24, 2.45) is 12.8 Å². The fraction of sp³-hybridized carbons (Fsp3) is 0.417. The SMILES string of the molecule is COc1cc(C(=O)N2CC[C@@H](OC)[C@@H](N)C2)cc2nc(-c3cc4ccc5nc4n3CCCCCc3cc(Cl)cnc3C(=O)N[C@@H]5C)n(C)c12. The number of amides is 2. The molecule has 1 fully saturated rings. The summed E-state index contributed by atoms with van der Waals surface area (Å²) in [4.78, 5) is 43.3. The molecule has 7 rings (SSSR count). The molecule has 2 aliphatic heterocycles. The number of fused-ring (bicyclic) bond motifs is 3. The highest BCUT2D eigenvalue weighted by Crippen LogP contribution is 2.35. The zero-order chi connectivity index (χ0) is 34.4.